The molecule has 0 bridgehead atoms. The first-order chi connectivity index (χ1) is 28.1. The fraction of sp³-hybridized carbons (Fsp3) is 0.804. The molecule has 0 radical (unpaired) electrons. The van der Waals surface area contributed by atoms with Gasteiger partial charge in [-0.25, -0.2) is 4.57 Å². The molecule has 0 aliphatic carbocycles. The molecular weight excluding hydrogens is 757 g/mol. The van der Waals surface area contributed by atoms with E-state index in [4.69, 9.17) is 24.8 Å². The summed E-state index contributed by atoms with van der Waals surface area (Å²) in [7, 11) is -4.72. The van der Waals surface area contributed by atoms with E-state index in [1.807, 2.05) is 0 Å². The molecule has 0 spiro atoms. The van der Waals surface area contributed by atoms with Crippen LogP contribution in [0.25, 0.3) is 0 Å². The van der Waals surface area contributed by atoms with Gasteiger partial charge in [-0.1, -0.05) is 159 Å². The van der Waals surface area contributed by atoms with Gasteiger partial charge in [0.05, 0.1) is 13.2 Å². The number of hydrogen-bond donors (Lipinski definition) is 3. The quantitative estimate of drug-likeness (QED) is 0.0231. The summed E-state index contributed by atoms with van der Waals surface area (Å²) in [6.07, 6.45) is 44.9. The smallest absolute Gasteiger partial charge is 0.472 e. The van der Waals surface area contributed by atoms with Crippen LogP contribution >= 0.6 is 7.82 Å². The molecule has 3 atom stereocenters. The van der Waals surface area contributed by atoms with Crippen LogP contribution in [0.3, 0.4) is 0 Å². The Balaban J connectivity index is 4.35. The molecule has 0 aromatic heterocycles. The van der Waals surface area contributed by atoms with Gasteiger partial charge < -0.3 is 25.2 Å². The van der Waals surface area contributed by atoms with Crippen molar-refractivity contribution in [3.05, 3.63) is 36.5 Å². The maximum absolute atomic E-state index is 12.6. The molecule has 0 aliphatic heterocycles. The van der Waals surface area contributed by atoms with E-state index in [-0.39, 0.29) is 19.4 Å². The summed E-state index contributed by atoms with van der Waals surface area (Å²) in [5.41, 5.74) is 5.34. The van der Waals surface area contributed by atoms with Crippen LogP contribution in [-0.2, 0) is 37.5 Å². The van der Waals surface area contributed by atoms with Crippen LogP contribution in [0, 0.1) is 0 Å². The molecule has 0 amide bonds. The lowest BCUT2D eigenvalue weighted by Crippen LogP contribution is -2.34. The van der Waals surface area contributed by atoms with Gasteiger partial charge in [0, 0.05) is 12.8 Å². The Kier molecular flexibility index (Phi) is 39.8. The van der Waals surface area contributed by atoms with E-state index in [9.17, 15) is 23.8 Å². The number of hydrogen-bond acceptors (Lipinski definition) is 9. The first-order valence-electron chi connectivity index (χ1n) is 23.0. The van der Waals surface area contributed by atoms with Crippen molar-refractivity contribution in [3.8, 4) is 0 Å². The third-order valence-corrected chi connectivity index (χ3v) is 10.8. The van der Waals surface area contributed by atoms with Crippen LogP contribution in [-0.4, -0.2) is 59.9 Å². The fourth-order valence-electron chi connectivity index (χ4n) is 6.21. The highest BCUT2D eigenvalue weighted by atomic mass is 31.2. The van der Waals surface area contributed by atoms with Crippen LogP contribution in [0.1, 0.15) is 206 Å². The van der Waals surface area contributed by atoms with Crippen molar-refractivity contribution in [3.63, 3.8) is 0 Å². The van der Waals surface area contributed by atoms with Crippen molar-refractivity contribution < 1.29 is 47.5 Å². The highest BCUT2D eigenvalue weighted by Gasteiger charge is 2.28. The number of carboxylic acid groups (broad SMARTS) is 1. The largest absolute Gasteiger partial charge is 0.480 e. The maximum Gasteiger partial charge on any atom is 0.472 e. The second kappa shape index (κ2) is 41.4. The molecule has 0 saturated heterocycles. The SMILES string of the molecule is CCCCCC/C=C\C/C=C\CCCCCCCC(=O)OC(COC(=O)CCCCCCCCC/C=C\CCCCCCCCC)COP(=O)(O)OCC(N)C(=O)O. The van der Waals surface area contributed by atoms with Crippen molar-refractivity contribution in [2.24, 2.45) is 5.73 Å². The van der Waals surface area contributed by atoms with Crippen molar-refractivity contribution in [2.45, 2.75) is 219 Å². The minimum Gasteiger partial charge on any atom is -0.480 e. The first-order valence-corrected chi connectivity index (χ1v) is 24.5. The molecule has 11 nitrogen and oxygen atoms in total. The second-order valence-electron chi connectivity index (χ2n) is 15.5. The van der Waals surface area contributed by atoms with Crippen LogP contribution < -0.4 is 5.73 Å². The number of phosphoric acid groups is 1. The topological polar surface area (TPSA) is 172 Å². The summed E-state index contributed by atoms with van der Waals surface area (Å²) in [6.45, 7) is 2.78. The molecule has 0 heterocycles. The Bertz CT molecular complexity index is 1130. The molecule has 0 aliphatic rings. The van der Waals surface area contributed by atoms with Gasteiger partial charge in [-0.15, -0.1) is 0 Å². The average Bonchev–Trinajstić information content (AvgIpc) is 3.20. The molecule has 0 aromatic carbocycles. The Labute approximate surface area is 353 Å². The zero-order valence-corrected chi connectivity index (χ0v) is 37.5. The number of nitrogens with two attached hydrogens (primary N) is 1. The molecule has 4 N–H and O–H groups in total. The number of esters is 2. The lowest BCUT2D eigenvalue weighted by molar-refractivity contribution is -0.161. The highest BCUT2D eigenvalue weighted by Crippen LogP contribution is 2.43. The molecule has 0 aromatic rings. The lowest BCUT2D eigenvalue weighted by atomic mass is 10.1. The second-order valence-corrected chi connectivity index (χ2v) is 17.0. The summed E-state index contributed by atoms with van der Waals surface area (Å²) in [6, 6.07) is -1.52. The van der Waals surface area contributed by atoms with Gasteiger partial charge in [-0.2, -0.15) is 0 Å². The summed E-state index contributed by atoms with van der Waals surface area (Å²) < 4.78 is 32.7. The van der Waals surface area contributed by atoms with Gasteiger partial charge in [-0.3, -0.25) is 23.4 Å². The van der Waals surface area contributed by atoms with E-state index < -0.39 is 51.1 Å². The molecule has 3 unspecified atom stereocenters. The first kappa shape index (κ1) is 55.7. The summed E-state index contributed by atoms with van der Waals surface area (Å²) in [4.78, 5) is 46.0. The number of allylic oxidation sites excluding steroid dienone is 6. The number of phosphoric ester groups is 1. The van der Waals surface area contributed by atoms with Gasteiger partial charge >= 0.3 is 25.7 Å². The van der Waals surface area contributed by atoms with Crippen molar-refractivity contribution in [1.82, 2.24) is 0 Å². The van der Waals surface area contributed by atoms with Gasteiger partial charge in [0.1, 0.15) is 12.6 Å². The predicted octanol–water partition coefficient (Wildman–Crippen LogP) is 12.4. The van der Waals surface area contributed by atoms with E-state index in [2.05, 4.69) is 54.8 Å². The fourth-order valence-corrected chi connectivity index (χ4v) is 6.99. The zero-order valence-electron chi connectivity index (χ0n) is 36.6. The van der Waals surface area contributed by atoms with E-state index in [1.54, 1.807) is 0 Å². The zero-order chi connectivity index (χ0) is 42.8. The van der Waals surface area contributed by atoms with Crippen LogP contribution in [0.2, 0.25) is 0 Å². The number of carboxylic acids is 1. The van der Waals surface area contributed by atoms with Crippen molar-refractivity contribution >= 4 is 25.7 Å². The molecule has 0 fully saturated rings. The number of aliphatic carboxylic acids is 1. The van der Waals surface area contributed by atoms with Gasteiger partial charge in [0.25, 0.3) is 0 Å². The molecule has 12 heteroatoms. The van der Waals surface area contributed by atoms with Crippen molar-refractivity contribution in [2.75, 3.05) is 19.8 Å². The maximum atomic E-state index is 12.6. The normalized spacial score (nSPS) is 14.0. The van der Waals surface area contributed by atoms with E-state index in [0.717, 1.165) is 70.6 Å². The average molecular weight is 842 g/mol. The Hall–Kier alpha value is -2.30. The summed E-state index contributed by atoms with van der Waals surface area (Å²) in [5.74, 6) is -2.40. The van der Waals surface area contributed by atoms with Gasteiger partial charge in [0.2, 0.25) is 0 Å². The van der Waals surface area contributed by atoms with Gasteiger partial charge in [0.15, 0.2) is 6.10 Å². The Morgan fingerprint density at radius 1 is 0.534 bits per heavy atom. The summed E-state index contributed by atoms with van der Waals surface area (Å²) >= 11 is 0. The van der Waals surface area contributed by atoms with Crippen LogP contribution in [0.15, 0.2) is 36.5 Å². The number of ether oxygens (including phenoxy) is 2. The minimum absolute atomic E-state index is 0.145. The summed E-state index contributed by atoms with van der Waals surface area (Å²) in [5, 5.41) is 8.90. The van der Waals surface area contributed by atoms with Gasteiger partial charge in [-0.05, 0) is 70.6 Å². The highest BCUT2D eigenvalue weighted by molar-refractivity contribution is 7.47. The Morgan fingerprint density at radius 2 is 0.914 bits per heavy atom. The molecule has 338 valence electrons. The minimum atomic E-state index is -4.72. The monoisotopic (exact) mass is 842 g/mol. The predicted molar refractivity (Wildman–Crippen MR) is 235 cm³/mol. The van der Waals surface area contributed by atoms with Crippen LogP contribution in [0.5, 0.6) is 0 Å². The molecule has 0 saturated carbocycles. The standard InChI is InChI=1S/C46H84NO10P/c1-3-5-7-9-11-13-15-17-19-21-22-24-25-27-29-31-33-35-37-44(48)54-39-42(40-55-58(52,53)56-41-43(47)46(50)51)57-45(49)38-36-34-32-30-28-26-23-20-18-16-14-12-10-8-6-4-2/h14,16,19-21,23,42-43H,3-13,15,17-18,22,24-41,47H2,1-2H3,(H,50,51)(H,52,53)/b16-14-,21-19-,23-20-. The molecule has 58 heavy (non-hydrogen) atoms. The van der Waals surface area contributed by atoms with E-state index in [1.165, 1.54) is 96.3 Å². The number of carbonyl (C=O) groups excluding carboxylic acids is 2. The van der Waals surface area contributed by atoms with E-state index in [0.29, 0.717) is 12.8 Å². The van der Waals surface area contributed by atoms with Crippen LogP contribution in [0.4, 0.5) is 0 Å². The van der Waals surface area contributed by atoms with Crippen molar-refractivity contribution in [1.29, 1.82) is 0 Å². The molecule has 0 rings (SSSR count). The third-order valence-electron chi connectivity index (χ3n) is 9.86. The third kappa shape index (κ3) is 40.5. The number of carbonyl (C=O) groups is 3. The number of rotatable bonds is 43. The lowest BCUT2D eigenvalue weighted by Gasteiger charge is -2.20. The van der Waals surface area contributed by atoms with E-state index >= 15 is 0 Å². The number of unbranched alkanes of at least 4 members (excludes halogenated alkanes) is 23. The molecular formula is C46H84NO10P. The Morgan fingerprint density at radius 3 is 1.38 bits per heavy atom.